The molecule has 0 saturated carbocycles. The number of halogens is 1. The van der Waals surface area contributed by atoms with Gasteiger partial charge in [-0.15, -0.1) is 0 Å². The summed E-state index contributed by atoms with van der Waals surface area (Å²) in [6.45, 7) is 2.59. The highest BCUT2D eigenvalue weighted by Gasteiger charge is 2.10. The van der Waals surface area contributed by atoms with Crippen LogP contribution >= 0.6 is 12.2 Å². The Morgan fingerprint density at radius 3 is 2.65 bits per heavy atom. The summed E-state index contributed by atoms with van der Waals surface area (Å²) in [5.74, 6) is -0.280. The maximum atomic E-state index is 13.4. The first-order chi connectivity index (χ1) is 9.47. The number of nitrogens with two attached hydrogens (primary N) is 1. The molecule has 2 rings (SSSR count). The first-order valence-corrected chi connectivity index (χ1v) is 6.74. The molecule has 0 unspecified atom stereocenters. The van der Waals surface area contributed by atoms with E-state index in [1.54, 1.807) is 6.07 Å². The minimum absolute atomic E-state index is 0.280. The van der Waals surface area contributed by atoms with E-state index < -0.39 is 0 Å². The van der Waals surface area contributed by atoms with Gasteiger partial charge in [0.2, 0.25) is 0 Å². The number of benzene rings is 2. The lowest BCUT2D eigenvalue weighted by Gasteiger charge is -2.21. The largest absolute Gasteiger partial charge is 0.389 e. The van der Waals surface area contributed by atoms with Gasteiger partial charge in [0.1, 0.15) is 10.8 Å². The van der Waals surface area contributed by atoms with Crippen LogP contribution in [0.15, 0.2) is 42.5 Å². The molecule has 0 spiro atoms. The Balaban J connectivity index is 2.29. The molecule has 2 aromatic rings. The van der Waals surface area contributed by atoms with Crippen LogP contribution in [0.1, 0.15) is 16.7 Å². The van der Waals surface area contributed by atoms with Crippen molar-refractivity contribution in [2.75, 3.05) is 11.9 Å². The lowest BCUT2D eigenvalue weighted by atomic mass is 10.1. The summed E-state index contributed by atoms with van der Waals surface area (Å²) < 4.78 is 13.4. The lowest BCUT2D eigenvalue weighted by molar-refractivity contribution is 0.625. The molecule has 0 aliphatic rings. The zero-order valence-corrected chi connectivity index (χ0v) is 12.4. The van der Waals surface area contributed by atoms with Crippen molar-refractivity contribution >= 4 is 22.9 Å². The van der Waals surface area contributed by atoms with Crippen LogP contribution in [0.4, 0.5) is 10.1 Å². The Bertz CT molecular complexity index is 640. The van der Waals surface area contributed by atoms with Crippen LogP contribution in [-0.2, 0) is 6.54 Å². The van der Waals surface area contributed by atoms with Gasteiger partial charge in [-0.25, -0.2) is 4.39 Å². The van der Waals surface area contributed by atoms with Gasteiger partial charge in [0.25, 0.3) is 0 Å². The van der Waals surface area contributed by atoms with Crippen LogP contribution in [0, 0.1) is 12.7 Å². The quantitative estimate of drug-likeness (QED) is 0.874. The third-order valence-corrected chi connectivity index (χ3v) is 3.40. The van der Waals surface area contributed by atoms with Gasteiger partial charge in [0, 0.05) is 24.8 Å². The highest BCUT2D eigenvalue weighted by atomic mass is 32.1. The topological polar surface area (TPSA) is 29.3 Å². The SMILES string of the molecule is Cc1cccc(N(C)Cc2cc(F)ccc2C(N)=S)c1. The predicted octanol–water partition coefficient (Wildman–Crippen LogP) is 3.40. The fourth-order valence-electron chi connectivity index (χ4n) is 2.15. The van der Waals surface area contributed by atoms with Gasteiger partial charge in [-0.1, -0.05) is 24.4 Å². The van der Waals surface area contributed by atoms with Crippen LogP contribution in [0.25, 0.3) is 0 Å². The van der Waals surface area contributed by atoms with E-state index in [1.165, 1.54) is 17.7 Å². The van der Waals surface area contributed by atoms with Crippen molar-refractivity contribution < 1.29 is 4.39 Å². The number of rotatable bonds is 4. The van der Waals surface area contributed by atoms with E-state index in [2.05, 4.69) is 6.07 Å². The Labute approximate surface area is 124 Å². The maximum absolute atomic E-state index is 13.4. The van der Waals surface area contributed by atoms with Gasteiger partial charge in [0.05, 0.1) is 0 Å². The van der Waals surface area contributed by atoms with Gasteiger partial charge in [-0.2, -0.15) is 0 Å². The molecule has 2 aromatic carbocycles. The summed E-state index contributed by atoms with van der Waals surface area (Å²) in [5, 5.41) is 0. The fourth-order valence-corrected chi connectivity index (χ4v) is 2.34. The van der Waals surface area contributed by atoms with Crippen molar-refractivity contribution in [3.8, 4) is 0 Å². The van der Waals surface area contributed by atoms with Gasteiger partial charge >= 0.3 is 0 Å². The number of aryl methyl sites for hydroxylation is 1. The Kier molecular flexibility index (Phi) is 4.35. The van der Waals surface area contributed by atoms with Crippen molar-refractivity contribution in [1.29, 1.82) is 0 Å². The van der Waals surface area contributed by atoms with Crippen LogP contribution < -0.4 is 10.6 Å². The molecule has 0 aliphatic heterocycles. The molecule has 0 saturated heterocycles. The average Bonchev–Trinajstić information content (AvgIpc) is 2.38. The summed E-state index contributed by atoms with van der Waals surface area (Å²) in [6.07, 6.45) is 0. The molecule has 0 bridgehead atoms. The third-order valence-electron chi connectivity index (χ3n) is 3.18. The molecule has 0 aromatic heterocycles. The minimum atomic E-state index is -0.280. The molecule has 0 aliphatic carbocycles. The van der Waals surface area contributed by atoms with Gasteiger partial charge in [-0.05, 0) is 48.4 Å². The van der Waals surface area contributed by atoms with Crippen LogP contribution in [0.2, 0.25) is 0 Å². The number of hydrogen-bond acceptors (Lipinski definition) is 2. The van der Waals surface area contributed by atoms with E-state index >= 15 is 0 Å². The zero-order chi connectivity index (χ0) is 14.7. The Morgan fingerprint density at radius 2 is 2.00 bits per heavy atom. The van der Waals surface area contributed by atoms with Gasteiger partial charge < -0.3 is 10.6 Å². The van der Waals surface area contributed by atoms with E-state index in [1.807, 2.05) is 37.1 Å². The molecule has 0 fully saturated rings. The standard InChI is InChI=1S/C16H17FN2S/c1-11-4-3-5-14(8-11)19(2)10-12-9-13(17)6-7-15(12)16(18)20/h3-9H,10H2,1-2H3,(H2,18,20). The van der Waals surface area contributed by atoms with Crippen LogP contribution in [0.5, 0.6) is 0 Å². The zero-order valence-electron chi connectivity index (χ0n) is 11.6. The van der Waals surface area contributed by atoms with Crippen molar-refractivity contribution in [2.45, 2.75) is 13.5 Å². The number of anilines is 1. The summed E-state index contributed by atoms with van der Waals surface area (Å²) in [7, 11) is 1.96. The first kappa shape index (κ1) is 14.5. The van der Waals surface area contributed by atoms with E-state index in [4.69, 9.17) is 18.0 Å². The summed E-state index contributed by atoms with van der Waals surface area (Å²) >= 11 is 5.02. The van der Waals surface area contributed by atoms with Crippen LogP contribution in [0.3, 0.4) is 0 Å². The Hall–Kier alpha value is -1.94. The smallest absolute Gasteiger partial charge is 0.123 e. The Morgan fingerprint density at radius 1 is 1.25 bits per heavy atom. The molecule has 0 heterocycles. The molecule has 4 heteroatoms. The number of thiocarbonyl (C=S) groups is 1. The monoisotopic (exact) mass is 288 g/mol. The van der Waals surface area contributed by atoms with E-state index in [9.17, 15) is 4.39 Å². The van der Waals surface area contributed by atoms with Gasteiger partial charge in [0.15, 0.2) is 0 Å². The average molecular weight is 288 g/mol. The minimum Gasteiger partial charge on any atom is -0.389 e. The summed E-state index contributed by atoms with van der Waals surface area (Å²) in [5.41, 5.74) is 9.47. The summed E-state index contributed by atoms with van der Waals surface area (Å²) in [6, 6.07) is 12.6. The second-order valence-corrected chi connectivity index (χ2v) is 5.30. The van der Waals surface area contributed by atoms with E-state index in [0.717, 1.165) is 16.8 Å². The molecule has 0 atom stereocenters. The molecular weight excluding hydrogens is 271 g/mol. The second-order valence-electron chi connectivity index (χ2n) is 4.86. The highest BCUT2D eigenvalue weighted by Crippen LogP contribution is 2.19. The van der Waals surface area contributed by atoms with Crippen molar-refractivity contribution in [1.82, 2.24) is 0 Å². The molecule has 0 radical (unpaired) electrons. The maximum Gasteiger partial charge on any atom is 0.123 e. The van der Waals surface area contributed by atoms with E-state index in [0.29, 0.717) is 6.54 Å². The third kappa shape index (κ3) is 3.33. The lowest BCUT2D eigenvalue weighted by Crippen LogP contribution is -2.20. The molecular formula is C16H17FN2S. The number of nitrogens with zero attached hydrogens (tertiary/aromatic N) is 1. The van der Waals surface area contributed by atoms with Crippen molar-refractivity contribution in [2.24, 2.45) is 5.73 Å². The number of hydrogen-bond donors (Lipinski definition) is 1. The second kappa shape index (κ2) is 6.01. The fraction of sp³-hybridized carbons (Fsp3) is 0.188. The molecule has 2 N–H and O–H groups in total. The van der Waals surface area contributed by atoms with Crippen LogP contribution in [-0.4, -0.2) is 12.0 Å². The van der Waals surface area contributed by atoms with Gasteiger partial charge in [-0.3, -0.25) is 0 Å². The first-order valence-electron chi connectivity index (χ1n) is 6.33. The van der Waals surface area contributed by atoms with Crippen molar-refractivity contribution in [3.63, 3.8) is 0 Å². The summed E-state index contributed by atoms with van der Waals surface area (Å²) in [4.78, 5) is 2.33. The normalized spacial score (nSPS) is 10.3. The molecule has 20 heavy (non-hydrogen) atoms. The molecule has 2 nitrogen and oxygen atoms in total. The highest BCUT2D eigenvalue weighted by molar-refractivity contribution is 7.80. The van der Waals surface area contributed by atoms with E-state index in [-0.39, 0.29) is 10.8 Å². The molecule has 104 valence electrons. The predicted molar refractivity (Wildman–Crippen MR) is 85.6 cm³/mol. The molecule has 0 amide bonds. The van der Waals surface area contributed by atoms with Crippen molar-refractivity contribution in [3.05, 3.63) is 65.0 Å².